The molecule has 26 heavy (non-hydrogen) atoms. The number of amides is 1. The van der Waals surface area contributed by atoms with Crippen LogP contribution in [-0.2, 0) is 10.2 Å². The number of hydrogen-bond donors (Lipinski definition) is 2. The molecule has 3 aromatic rings. The van der Waals surface area contributed by atoms with Gasteiger partial charge in [-0.05, 0) is 61.2 Å². The summed E-state index contributed by atoms with van der Waals surface area (Å²) in [6.45, 7) is 8.18. The van der Waals surface area contributed by atoms with E-state index in [2.05, 4.69) is 36.3 Å². The molecule has 136 valence electrons. The third kappa shape index (κ3) is 3.32. The van der Waals surface area contributed by atoms with Crippen molar-refractivity contribution in [3.63, 3.8) is 0 Å². The highest BCUT2D eigenvalue weighted by Crippen LogP contribution is 2.33. The largest absolute Gasteiger partial charge is 0.497 e. The molecule has 2 aromatic carbocycles. The molecule has 0 bridgehead atoms. The van der Waals surface area contributed by atoms with E-state index in [0.717, 1.165) is 27.9 Å². The topological polar surface area (TPSA) is 54.1 Å². The van der Waals surface area contributed by atoms with Crippen LogP contribution in [0.5, 0.6) is 5.75 Å². The quantitative estimate of drug-likeness (QED) is 0.663. The van der Waals surface area contributed by atoms with E-state index in [1.165, 1.54) is 5.56 Å². The third-order valence-corrected chi connectivity index (χ3v) is 4.97. The first kappa shape index (κ1) is 18.1. The second-order valence-electron chi connectivity index (χ2n) is 7.47. The smallest absolute Gasteiger partial charge is 0.234 e. The minimum absolute atomic E-state index is 0.0430. The fourth-order valence-corrected chi connectivity index (χ4v) is 3.10. The Morgan fingerprint density at radius 3 is 2.42 bits per heavy atom. The van der Waals surface area contributed by atoms with Crippen LogP contribution in [0.1, 0.15) is 44.7 Å². The zero-order chi connectivity index (χ0) is 18.9. The molecule has 0 aliphatic heterocycles. The molecule has 0 aliphatic carbocycles. The van der Waals surface area contributed by atoms with Gasteiger partial charge in [0, 0.05) is 22.8 Å². The van der Waals surface area contributed by atoms with Gasteiger partial charge in [-0.3, -0.25) is 4.79 Å². The lowest BCUT2D eigenvalue weighted by Gasteiger charge is -2.23. The maximum atomic E-state index is 13.0. The summed E-state index contributed by atoms with van der Waals surface area (Å²) in [6.07, 6.45) is 1.91. The molecule has 1 heterocycles. The highest BCUT2D eigenvalue weighted by Gasteiger charge is 2.32. The molecule has 4 heteroatoms. The average Bonchev–Trinajstić information content (AvgIpc) is 3.05. The van der Waals surface area contributed by atoms with Crippen molar-refractivity contribution in [2.45, 2.75) is 39.0 Å². The number of benzene rings is 2. The summed E-state index contributed by atoms with van der Waals surface area (Å²) in [4.78, 5) is 16.2. The van der Waals surface area contributed by atoms with Crippen molar-refractivity contribution >= 4 is 22.5 Å². The predicted molar refractivity (Wildman–Crippen MR) is 107 cm³/mol. The van der Waals surface area contributed by atoms with Crippen LogP contribution in [0.4, 0.5) is 5.69 Å². The van der Waals surface area contributed by atoms with E-state index in [-0.39, 0.29) is 5.91 Å². The van der Waals surface area contributed by atoms with Gasteiger partial charge in [0.05, 0.1) is 12.5 Å². The molecule has 0 radical (unpaired) electrons. The Kier molecular flexibility index (Phi) is 4.77. The van der Waals surface area contributed by atoms with E-state index >= 15 is 0 Å². The van der Waals surface area contributed by atoms with E-state index in [1.54, 1.807) is 7.11 Å². The number of nitrogens with one attached hydrogen (secondary N) is 2. The molecule has 1 amide bonds. The van der Waals surface area contributed by atoms with Crippen molar-refractivity contribution < 1.29 is 9.53 Å². The van der Waals surface area contributed by atoms with Crippen LogP contribution >= 0.6 is 0 Å². The van der Waals surface area contributed by atoms with Gasteiger partial charge in [0.25, 0.3) is 0 Å². The summed E-state index contributed by atoms with van der Waals surface area (Å²) in [7, 11) is 1.65. The van der Waals surface area contributed by atoms with Gasteiger partial charge in [-0.25, -0.2) is 0 Å². The van der Waals surface area contributed by atoms with Gasteiger partial charge < -0.3 is 15.0 Å². The van der Waals surface area contributed by atoms with Crippen LogP contribution in [0.3, 0.4) is 0 Å². The van der Waals surface area contributed by atoms with Gasteiger partial charge >= 0.3 is 0 Å². The molecule has 0 unspecified atom stereocenters. The Balaban J connectivity index is 1.88. The van der Waals surface area contributed by atoms with Gasteiger partial charge in [0.2, 0.25) is 5.91 Å². The Hall–Kier alpha value is -2.75. The maximum absolute atomic E-state index is 13.0. The van der Waals surface area contributed by atoms with E-state index in [9.17, 15) is 4.79 Å². The first-order chi connectivity index (χ1) is 12.3. The van der Waals surface area contributed by atoms with Crippen molar-refractivity contribution in [1.82, 2.24) is 4.98 Å². The van der Waals surface area contributed by atoms with E-state index < -0.39 is 5.41 Å². The lowest BCUT2D eigenvalue weighted by Crippen LogP contribution is -2.34. The second kappa shape index (κ2) is 6.87. The Morgan fingerprint density at radius 1 is 1.12 bits per heavy atom. The zero-order valence-corrected chi connectivity index (χ0v) is 16.0. The van der Waals surface area contributed by atoms with Crippen molar-refractivity contribution in [2.24, 2.45) is 0 Å². The maximum Gasteiger partial charge on any atom is 0.234 e. The van der Waals surface area contributed by atoms with Crippen molar-refractivity contribution in [1.29, 1.82) is 0 Å². The number of carbonyl (C=O) groups excluding carboxylic acids is 1. The van der Waals surface area contributed by atoms with Crippen LogP contribution in [0.25, 0.3) is 10.9 Å². The van der Waals surface area contributed by atoms with Crippen LogP contribution < -0.4 is 10.1 Å². The van der Waals surface area contributed by atoms with Crippen molar-refractivity contribution in [2.75, 3.05) is 12.4 Å². The molecule has 0 spiro atoms. The van der Waals surface area contributed by atoms with Gasteiger partial charge in [0.15, 0.2) is 0 Å². The van der Waals surface area contributed by atoms with Gasteiger partial charge in [-0.15, -0.1) is 0 Å². The highest BCUT2D eigenvalue weighted by atomic mass is 16.5. The molecule has 2 N–H and O–H groups in total. The summed E-state index contributed by atoms with van der Waals surface area (Å²) in [5.41, 5.74) is 3.31. The molecule has 0 fully saturated rings. The average molecular weight is 350 g/mol. The monoisotopic (exact) mass is 350 g/mol. The Bertz CT molecular complexity index is 921. The molecular weight excluding hydrogens is 324 g/mol. The molecule has 0 saturated carbocycles. The summed E-state index contributed by atoms with van der Waals surface area (Å²) >= 11 is 0. The Morgan fingerprint density at radius 2 is 1.81 bits per heavy atom. The summed E-state index contributed by atoms with van der Waals surface area (Å²) in [6, 6.07) is 13.9. The summed E-state index contributed by atoms with van der Waals surface area (Å²) in [5, 5.41) is 4.05. The zero-order valence-electron chi connectivity index (χ0n) is 16.0. The summed E-state index contributed by atoms with van der Waals surface area (Å²) in [5.74, 6) is 1.20. The number of H-pyrrole nitrogens is 1. The fourth-order valence-electron chi connectivity index (χ4n) is 3.10. The Labute approximate surface area is 154 Å². The van der Waals surface area contributed by atoms with Crippen LogP contribution in [-0.4, -0.2) is 18.0 Å². The molecule has 3 rings (SSSR count). The van der Waals surface area contributed by atoms with Crippen molar-refractivity contribution in [3.05, 3.63) is 59.8 Å². The van der Waals surface area contributed by atoms with E-state index in [4.69, 9.17) is 4.74 Å². The number of aromatic nitrogens is 1. The number of rotatable bonds is 5. The number of hydrogen-bond acceptors (Lipinski definition) is 2. The number of carbonyl (C=O) groups is 1. The minimum Gasteiger partial charge on any atom is -0.497 e. The number of methoxy groups -OCH3 is 1. The predicted octanol–water partition coefficient (Wildman–Crippen LogP) is 5.22. The molecule has 0 atom stereocenters. The number of aromatic amines is 1. The molecule has 0 aliphatic rings. The lowest BCUT2D eigenvalue weighted by molar-refractivity contribution is -0.120. The first-order valence-electron chi connectivity index (χ1n) is 8.90. The van der Waals surface area contributed by atoms with Crippen LogP contribution in [0.15, 0.2) is 48.7 Å². The minimum atomic E-state index is -0.693. The normalized spacial score (nSPS) is 11.8. The molecule has 4 nitrogen and oxygen atoms in total. The number of anilines is 1. The first-order valence-corrected chi connectivity index (χ1v) is 8.90. The number of ether oxygens (including phenoxy) is 1. The van der Waals surface area contributed by atoms with Crippen molar-refractivity contribution in [3.8, 4) is 5.75 Å². The standard InChI is InChI=1S/C22H26N2O2/c1-14(2)15-6-8-16(9-7-15)24-21(25)22(3,4)19-13-23-20-11-10-17(26-5)12-18(19)20/h6-14,23H,1-5H3,(H,24,25). The van der Waals surface area contributed by atoms with Gasteiger partial charge in [-0.2, -0.15) is 0 Å². The summed E-state index contributed by atoms with van der Waals surface area (Å²) < 4.78 is 5.33. The van der Waals surface area contributed by atoms with Gasteiger partial charge in [0.1, 0.15) is 5.75 Å². The van der Waals surface area contributed by atoms with Crippen LogP contribution in [0.2, 0.25) is 0 Å². The SMILES string of the molecule is COc1ccc2[nH]cc(C(C)(C)C(=O)Nc3ccc(C(C)C)cc3)c2c1. The molecular formula is C22H26N2O2. The third-order valence-electron chi connectivity index (χ3n) is 4.97. The fraction of sp³-hybridized carbons (Fsp3) is 0.318. The van der Waals surface area contributed by atoms with Gasteiger partial charge in [-0.1, -0.05) is 26.0 Å². The number of fused-ring (bicyclic) bond motifs is 1. The lowest BCUT2D eigenvalue weighted by atomic mass is 9.83. The highest BCUT2D eigenvalue weighted by molar-refractivity contribution is 6.02. The van der Waals surface area contributed by atoms with E-state index in [1.807, 2.05) is 50.4 Å². The van der Waals surface area contributed by atoms with E-state index in [0.29, 0.717) is 5.92 Å². The molecule has 1 aromatic heterocycles. The molecule has 0 saturated heterocycles. The van der Waals surface area contributed by atoms with Crippen LogP contribution in [0, 0.1) is 0 Å². The second-order valence-corrected chi connectivity index (χ2v) is 7.47.